The summed E-state index contributed by atoms with van der Waals surface area (Å²) in [6.07, 6.45) is 0. The lowest BCUT2D eigenvalue weighted by molar-refractivity contribution is 0.0675. The number of carbonyl (C=O) groups excluding carboxylic acids is 1. The van der Waals surface area contributed by atoms with E-state index in [2.05, 4.69) is 49.8 Å². The molecule has 2 aromatic rings. The van der Waals surface area contributed by atoms with Gasteiger partial charge in [0.25, 0.3) is 5.91 Å². The van der Waals surface area contributed by atoms with Crippen LogP contribution in [0.25, 0.3) is 0 Å². The van der Waals surface area contributed by atoms with Gasteiger partial charge < -0.3 is 14.5 Å². The number of benzene rings is 1. The van der Waals surface area contributed by atoms with Crippen LogP contribution in [-0.4, -0.2) is 52.9 Å². The molecule has 0 N–H and O–H groups in total. The van der Waals surface area contributed by atoms with Gasteiger partial charge in [0.05, 0.1) is 18.3 Å². The molecular weight excluding hydrogens is 340 g/mol. The van der Waals surface area contributed by atoms with Gasteiger partial charge in [0.2, 0.25) is 0 Å². The van der Waals surface area contributed by atoms with Gasteiger partial charge in [-0.15, -0.1) is 0 Å². The highest BCUT2D eigenvalue weighted by Gasteiger charge is 2.36. The van der Waals surface area contributed by atoms with Crippen LogP contribution in [0.2, 0.25) is 0 Å². The maximum Gasteiger partial charge on any atom is 0.272 e. The number of hydrogen-bond donors (Lipinski definition) is 0. The Kier molecular flexibility index (Phi) is 5.18. The zero-order valence-corrected chi connectivity index (χ0v) is 17.2. The van der Waals surface area contributed by atoms with Crippen molar-refractivity contribution in [1.29, 1.82) is 0 Å². The van der Waals surface area contributed by atoms with Crippen molar-refractivity contribution in [3.8, 4) is 5.75 Å². The third-order valence-corrected chi connectivity index (χ3v) is 5.28. The molecule has 1 aliphatic rings. The number of anilines is 1. The van der Waals surface area contributed by atoms with E-state index in [4.69, 9.17) is 4.74 Å². The summed E-state index contributed by atoms with van der Waals surface area (Å²) in [5.74, 6) is 1.21. The fourth-order valence-corrected chi connectivity index (χ4v) is 3.70. The molecule has 0 saturated carbocycles. The number of hydrogen-bond acceptors (Lipinski definition) is 4. The average molecular weight is 370 g/mol. The second-order valence-corrected chi connectivity index (χ2v) is 8.12. The zero-order valence-electron chi connectivity index (χ0n) is 17.2. The van der Waals surface area contributed by atoms with Crippen molar-refractivity contribution in [2.75, 3.05) is 31.6 Å². The van der Waals surface area contributed by atoms with Crippen molar-refractivity contribution >= 4 is 11.6 Å². The Labute approximate surface area is 161 Å². The van der Waals surface area contributed by atoms with Crippen LogP contribution in [0.15, 0.2) is 30.3 Å². The molecule has 6 heteroatoms. The van der Waals surface area contributed by atoms with Gasteiger partial charge >= 0.3 is 0 Å². The van der Waals surface area contributed by atoms with Crippen molar-refractivity contribution in [2.45, 2.75) is 39.2 Å². The molecule has 1 fully saturated rings. The largest absolute Gasteiger partial charge is 0.497 e. The van der Waals surface area contributed by atoms with Crippen LogP contribution < -0.4 is 9.64 Å². The Balaban J connectivity index is 1.77. The lowest BCUT2D eigenvalue weighted by atomic mass is 9.97. The zero-order chi connectivity index (χ0) is 19.8. The molecule has 2 heterocycles. The number of amides is 1. The number of ether oxygens (including phenoxy) is 1. The smallest absolute Gasteiger partial charge is 0.272 e. The SMILES string of the molecule is COc1ccc(N2CCN(C(=O)c3cc(C(C)C)nn3C)CC2(C)C)cc1. The predicted molar refractivity (Wildman–Crippen MR) is 108 cm³/mol. The standard InChI is InChI=1S/C21H30N4O2/c1-15(2)18-13-19(23(5)22-18)20(26)24-11-12-25(21(3,4)14-24)16-7-9-17(27-6)10-8-16/h7-10,13,15H,11-12,14H2,1-6H3. The quantitative estimate of drug-likeness (QED) is 0.829. The minimum Gasteiger partial charge on any atom is -0.497 e. The monoisotopic (exact) mass is 370 g/mol. The summed E-state index contributed by atoms with van der Waals surface area (Å²) in [5, 5.41) is 4.49. The summed E-state index contributed by atoms with van der Waals surface area (Å²) >= 11 is 0. The van der Waals surface area contributed by atoms with Crippen LogP contribution in [-0.2, 0) is 7.05 Å². The molecule has 3 rings (SSSR count). The van der Waals surface area contributed by atoms with E-state index < -0.39 is 0 Å². The van der Waals surface area contributed by atoms with Gasteiger partial charge in [-0.3, -0.25) is 9.48 Å². The van der Waals surface area contributed by atoms with Gasteiger partial charge in [-0.2, -0.15) is 5.10 Å². The van der Waals surface area contributed by atoms with Crippen molar-refractivity contribution in [3.63, 3.8) is 0 Å². The van der Waals surface area contributed by atoms with Gasteiger partial charge in [-0.1, -0.05) is 13.8 Å². The molecule has 0 aliphatic carbocycles. The predicted octanol–water partition coefficient (Wildman–Crippen LogP) is 3.29. The highest BCUT2D eigenvalue weighted by atomic mass is 16.5. The van der Waals surface area contributed by atoms with E-state index in [1.54, 1.807) is 11.8 Å². The third-order valence-electron chi connectivity index (χ3n) is 5.28. The highest BCUT2D eigenvalue weighted by molar-refractivity contribution is 5.93. The number of piperazine rings is 1. The van der Waals surface area contributed by atoms with Gasteiger partial charge in [0.1, 0.15) is 11.4 Å². The lowest BCUT2D eigenvalue weighted by Crippen LogP contribution is -2.60. The topological polar surface area (TPSA) is 50.6 Å². The number of aryl methyl sites for hydroxylation is 1. The summed E-state index contributed by atoms with van der Waals surface area (Å²) < 4.78 is 6.97. The Bertz CT molecular complexity index is 808. The first-order valence-electron chi connectivity index (χ1n) is 9.48. The van der Waals surface area contributed by atoms with E-state index >= 15 is 0 Å². The van der Waals surface area contributed by atoms with Gasteiger partial charge in [-0.05, 0) is 50.1 Å². The van der Waals surface area contributed by atoms with Crippen LogP contribution in [0.4, 0.5) is 5.69 Å². The number of nitrogens with zero attached hydrogens (tertiary/aromatic N) is 4. The number of methoxy groups -OCH3 is 1. The molecule has 27 heavy (non-hydrogen) atoms. The molecule has 1 saturated heterocycles. The molecule has 6 nitrogen and oxygen atoms in total. The molecule has 1 aliphatic heterocycles. The van der Waals surface area contributed by atoms with Crippen LogP contribution in [0, 0.1) is 0 Å². The number of rotatable bonds is 4. The average Bonchev–Trinajstić information content (AvgIpc) is 3.02. The molecule has 0 unspecified atom stereocenters. The molecule has 0 radical (unpaired) electrons. The molecule has 146 valence electrons. The Hall–Kier alpha value is -2.50. The normalized spacial score (nSPS) is 16.7. The van der Waals surface area contributed by atoms with Crippen LogP contribution in [0.5, 0.6) is 5.75 Å². The van der Waals surface area contributed by atoms with E-state index in [9.17, 15) is 4.79 Å². The van der Waals surface area contributed by atoms with Crippen molar-refractivity contribution < 1.29 is 9.53 Å². The van der Waals surface area contributed by atoms with Crippen LogP contribution in [0.3, 0.4) is 0 Å². The van der Waals surface area contributed by atoms with Crippen LogP contribution >= 0.6 is 0 Å². The first kappa shape index (κ1) is 19.3. The van der Waals surface area contributed by atoms with Crippen molar-refractivity contribution in [3.05, 3.63) is 41.7 Å². The van der Waals surface area contributed by atoms with E-state index in [-0.39, 0.29) is 11.4 Å². The Morgan fingerprint density at radius 2 is 1.85 bits per heavy atom. The molecule has 0 atom stereocenters. The minimum absolute atomic E-state index is 0.0550. The summed E-state index contributed by atoms with van der Waals surface area (Å²) in [6, 6.07) is 10.0. The molecular formula is C21H30N4O2. The molecule has 1 amide bonds. The van der Waals surface area contributed by atoms with Crippen molar-refractivity contribution in [2.24, 2.45) is 7.05 Å². The minimum atomic E-state index is -0.165. The first-order valence-corrected chi connectivity index (χ1v) is 9.48. The van der Waals surface area contributed by atoms with Crippen molar-refractivity contribution in [1.82, 2.24) is 14.7 Å². The maximum absolute atomic E-state index is 13.1. The molecule has 1 aromatic heterocycles. The third kappa shape index (κ3) is 3.80. The lowest BCUT2D eigenvalue weighted by Gasteiger charge is -2.48. The molecule has 0 bridgehead atoms. The first-order chi connectivity index (χ1) is 12.7. The Morgan fingerprint density at radius 1 is 1.19 bits per heavy atom. The summed E-state index contributed by atoms with van der Waals surface area (Å²) in [7, 11) is 3.52. The highest BCUT2D eigenvalue weighted by Crippen LogP contribution is 2.30. The fraction of sp³-hybridized carbons (Fsp3) is 0.524. The van der Waals surface area contributed by atoms with Gasteiger partial charge in [0, 0.05) is 32.4 Å². The van der Waals surface area contributed by atoms with E-state index in [1.807, 2.05) is 30.1 Å². The van der Waals surface area contributed by atoms with E-state index in [0.29, 0.717) is 24.7 Å². The maximum atomic E-state index is 13.1. The van der Waals surface area contributed by atoms with Crippen LogP contribution in [0.1, 0.15) is 49.8 Å². The number of aromatic nitrogens is 2. The molecule has 0 spiro atoms. The molecule has 1 aromatic carbocycles. The fourth-order valence-electron chi connectivity index (χ4n) is 3.70. The van der Waals surface area contributed by atoms with Gasteiger partial charge in [-0.25, -0.2) is 0 Å². The summed E-state index contributed by atoms with van der Waals surface area (Å²) in [5.41, 5.74) is 2.60. The van der Waals surface area contributed by atoms with Gasteiger partial charge in [0.15, 0.2) is 0 Å². The van der Waals surface area contributed by atoms with E-state index in [0.717, 1.165) is 23.7 Å². The second-order valence-electron chi connectivity index (χ2n) is 8.12. The summed E-state index contributed by atoms with van der Waals surface area (Å²) in [6.45, 7) is 10.7. The Morgan fingerprint density at radius 3 is 2.37 bits per heavy atom. The summed E-state index contributed by atoms with van der Waals surface area (Å²) in [4.78, 5) is 17.4. The second kappa shape index (κ2) is 7.25. The number of carbonyl (C=O) groups is 1. The van der Waals surface area contributed by atoms with E-state index in [1.165, 1.54) is 0 Å².